The molecule has 0 unspecified atom stereocenters. The summed E-state index contributed by atoms with van der Waals surface area (Å²) in [6.45, 7) is 4.59. The molecule has 9 rings (SSSR count). The van der Waals surface area contributed by atoms with Gasteiger partial charge in [-0.3, -0.25) is 4.98 Å². The summed E-state index contributed by atoms with van der Waals surface area (Å²) in [5, 5.41) is 3.55. The molecule has 1 N–H and O–H groups in total. The molecule has 1 aliphatic rings. The molecule has 0 amide bonds. The Morgan fingerprint density at radius 2 is 0.849 bits per heavy atom. The number of anilines is 5. The lowest BCUT2D eigenvalue weighted by molar-refractivity contribution is 0.657. The van der Waals surface area contributed by atoms with Gasteiger partial charge in [-0.15, -0.1) is 0 Å². The van der Waals surface area contributed by atoms with Crippen LogP contribution in [0.2, 0.25) is 0 Å². The van der Waals surface area contributed by atoms with E-state index in [1.165, 1.54) is 55.6 Å². The SMILES string of the molecule is CC1(C)c2ccc(N(c3ccc(-c4ccccc4)cc3)c3ccc(-c4ccc(Nc5ccc(-c6ccccc6)cc5)cc4)cc3)cc2-c2ccncc21. The second-order valence-electron chi connectivity index (χ2n) is 14.2. The molecule has 3 nitrogen and oxygen atoms in total. The summed E-state index contributed by atoms with van der Waals surface area (Å²) in [6.07, 6.45) is 3.93. The molecule has 0 saturated heterocycles. The third-order valence-electron chi connectivity index (χ3n) is 10.6. The second kappa shape index (κ2) is 13.4. The second-order valence-corrected chi connectivity index (χ2v) is 14.2. The number of benzene rings is 7. The van der Waals surface area contributed by atoms with E-state index >= 15 is 0 Å². The Morgan fingerprint density at radius 1 is 0.415 bits per heavy atom. The van der Waals surface area contributed by atoms with Crippen LogP contribution in [0, 0.1) is 0 Å². The number of hydrogen-bond donors (Lipinski definition) is 1. The molecule has 3 heteroatoms. The van der Waals surface area contributed by atoms with Crippen LogP contribution in [0.5, 0.6) is 0 Å². The summed E-state index contributed by atoms with van der Waals surface area (Å²) < 4.78 is 0. The van der Waals surface area contributed by atoms with Gasteiger partial charge in [-0.1, -0.05) is 129 Å². The predicted molar refractivity (Wildman–Crippen MR) is 223 cm³/mol. The maximum Gasteiger partial charge on any atom is 0.0468 e. The van der Waals surface area contributed by atoms with E-state index in [9.17, 15) is 0 Å². The Kier molecular flexibility index (Phi) is 8.17. The Labute approximate surface area is 311 Å². The minimum absolute atomic E-state index is 0.0979. The molecule has 0 saturated carbocycles. The minimum Gasteiger partial charge on any atom is -0.356 e. The van der Waals surface area contributed by atoms with Gasteiger partial charge in [0.1, 0.15) is 0 Å². The number of fused-ring (bicyclic) bond motifs is 3. The van der Waals surface area contributed by atoms with Crippen LogP contribution in [-0.2, 0) is 5.41 Å². The van der Waals surface area contributed by atoms with Gasteiger partial charge in [-0.05, 0) is 122 Å². The zero-order valence-electron chi connectivity index (χ0n) is 29.9. The third-order valence-corrected chi connectivity index (χ3v) is 10.6. The summed E-state index contributed by atoms with van der Waals surface area (Å²) in [6, 6.07) is 65.2. The van der Waals surface area contributed by atoms with Crippen LogP contribution in [0.3, 0.4) is 0 Å². The van der Waals surface area contributed by atoms with Crippen molar-refractivity contribution in [1.29, 1.82) is 0 Å². The lowest BCUT2D eigenvalue weighted by Gasteiger charge is -2.27. The number of rotatable bonds is 8. The van der Waals surface area contributed by atoms with E-state index in [0.29, 0.717) is 0 Å². The zero-order valence-corrected chi connectivity index (χ0v) is 29.9. The average Bonchev–Trinajstić information content (AvgIpc) is 3.45. The standard InChI is InChI=1S/C50H39N3/c1-50(2)48-30-29-45(33-47(48)46-31-32-51-34-49(46)50)53(43-25-17-39(18-26-43)36-11-7-4-8-12-36)44-27-19-40(20-28-44)38-15-23-42(24-16-38)52-41-21-13-37(14-22-41)35-9-5-3-6-10-35/h3-34,52H,1-2H3. The molecule has 0 aliphatic heterocycles. The van der Waals surface area contributed by atoms with Crippen LogP contribution in [0.1, 0.15) is 25.0 Å². The first kappa shape index (κ1) is 32.2. The molecule has 0 fully saturated rings. The van der Waals surface area contributed by atoms with E-state index in [-0.39, 0.29) is 5.41 Å². The Balaban J connectivity index is 1.01. The van der Waals surface area contributed by atoms with Gasteiger partial charge in [0.15, 0.2) is 0 Å². The molecule has 1 aliphatic carbocycles. The minimum atomic E-state index is -0.0979. The van der Waals surface area contributed by atoms with Crippen molar-refractivity contribution < 1.29 is 0 Å². The zero-order chi connectivity index (χ0) is 35.8. The molecule has 7 aromatic carbocycles. The topological polar surface area (TPSA) is 28.2 Å². The predicted octanol–water partition coefficient (Wildman–Crippen LogP) is 13.6. The largest absolute Gasteiger partial charge is 0.356 e. The van der Waals surface area contributed by atoms with Gasteiger partial charge < -0.3 is 10.2 Å². The van der Waals surface area contributed by atoms with Gasteiger partial charge in [0.05, 0.1) is 0 Å². The monoisotopic (exact) mass is 681 g/mol. The normalized spacial score (nSPS) is 12.5. The molecule has 1 aromatic heterocycles. The van der Waals surface area contributed by atoms with E-state index in [1.54, 1.807) is 0 Å². The molecule has 0 spiro atoms. The first-order valence-electron chi connectivity index (χ1n) is 18.2. The number of aromatic nitrogens is 1. The molecule has 0 radical (unpaired) electrons. The van der Waals surface area contributed by atoms with Gasteiger partial charge in [0, 0.05) is 46.2 Å². The molecule has 1 heterocycles. The highest BCUT2D eigenvalue weighted by Gasteiger charge is 2.36. The van der Waals surface area contributed by atoms with E-state index in [4.69, 9.17) is 0 Å². The van der Waals surface area contributed by atoms with Gasteiger partial charge >= 0.3 is 0 Å². The lowest BCUT2D eigenvalue weighted by atomic mass is 9.83. The molecule has 0 atom stereocenters. The Bertz CT molecular complexity index is 2500. The molecule has 254 valence electrons. The van der Waals surface area contributed by atoms with Crippen LogP contribution in [0.25, 0.3) is 44.5 Å². The van der Waals surface area contributed by atoms with Crippen molar-refractivity contribution in [1.82, 2.24) is 4.98 Å². The van der Waals surface area contributed by atoms with Crippen molar-refractivity contribution >= 4 is 28.4 Å². The van der Waals surface area contributed by atoms with Crippen LogP contribution < -0.4 is 10.2 Å². The number of hydrogen-bond acceptors (Lipinski definition) is 3. The van der Waals surface area contributed by atoms with Crippen molar-refractivity contribution in [3.63, 3.8) is 0 Å². The summed E-state index contributed by atoms with van der Waals surface area (Å²) in [5.74, 6) is 0. The van der Waals surface area contributed by atoms with Crippen molar-refractivity contribution in [3.05, 3.63) is 206 Å². The van der Waals surface area contributed by atoms with Gasteiger partial charge in [-0.2, -0.15) is 0 Å². The third kappa shape index (κ3) is 6.17. The van der Waals surface area contributed by atoms with Crippen molar-refractivity contribution in [2.24, 2.45) is 0 Å². The van der Waals surface area contributed by atoms with Gasteiger partial charge in [-0.25, -0.2) is 0 Å². The first-order chi connectivity index (χ1) is 26.0. The van der Waals surface area contributed by atoms with E-state index in [2.05, 4.69) is 205 Å². The molecular formula is C50H39N3. The summed E-state index contributed by atoms with van der Waals surface area (Å²) >= 11 is 0. The van der Waals surface area contributed by atoms with Crippen molar-refractivity contribution in [3.8, 4) is 44.5 Å². The lowest BCUT2D eigenvalue weighted by Crippen LogP contribution is -2.15. The highest BCUT2D eigenvalue weighted by Crippen LogP contribution is 2.50. The van der Waals surface area contributed by atoms with E-state index in [0.717, 1.165) is 28.4 Å². The summed E-state index contributed by atoms with van der Waals surface area (Å²) in [4.78, 5) is 6.84. The van der Waals surface area contributed by atoms with Crippen LogP contribution in [0.15, 0.2) is 194 Å². The van der Waals surface area contributed by atoms with Crippen molar-refractivity contribution in [2.75, 3.05) is 10.2 Å². The van der Waals surface area contributed by atoms with Crippen LogP contribution in [0.4, 0.5) is 28.4 Å². The maximum absolute atomic E-state index is 4.48. The fourth-order valence-electron chi connectivity index (χ4n) is 7.68. The first-order valence-corrected chi connectivity index (χ1v) is 18.2. The molecule has 8 aromatic rings. The Morgan fingerprint density at radius 3 is 1.34 bits per heavy atom. The fourth-order valence-corrected chi connectivity index (χ4v) is 7.68. The van der Waals surface area contributed by atoms with Crippen molar-refractivity contribution in [2.45, 2.75) is 19.3 Å². The van der Waals surface area contributed by atoms with Crippen LogP contribution in [-0.4, -0.2) is 4.98 Å². The molecule has 53 heavy (non-hydrogen) atoms. The van der Waals surface area contributed by atoms with E-state index < -0.39 is 0 Å². The quantitative estimate of drug-likeness (QED) is 0.173. The highest BCUT2D eigenvalue weighted by molar-refractivity contribution is 5.87. The molecule has 0 bridgehead atoms. The number of pyridine rings is 1. The summed E-state index contributed by atoms with van der Waals surface area (Å²) in [5.41, 5.74) is 17.7. The summed E-state index contributed by atoms with van der Waals surface area (Å²) in [7, 11) is 0. The number of nitrogens with zero attached hydrogens (tertiary/aromatic N) is 2. The maximum atomic E-state index is 4.48. The smallest absolute Gasteiger partial charge is 0.0468 e. The molecular weight excluding hydrogens is 643 g/mol. The van der Waals surface area contributed by atoms with Gasteiger partial charge in [0.2, 0.25) is 0 Å². The Hall–Kier alpha value is -6.71. The van der Waals surface area contributed by atoms with Gasteiger partial charge in [0.25, 0.3) is 0 Å². The fraction of sp³-hybridized carbons (Fsp3) is 0.0600. The van der Waals surface area contributed by atoms with Crippen LogP contribution >= 0.6 is 0 Å². The van der Waals surface area contributed by atoms with E-state index in [1.807, 2.05) is 18.5 Å². The highest BCUT2D eigenvalue weighted by atomic mass is 15.1. The number of nitrogens with one attached hydrogen (secondary N) is 1. The average molecular weight is 682 g/mol.